The zero-order valence-corrected chi connectivity index (χ0v) is 21.9. The minimum atomic E-state index is -0.769. The summed E-state index contributed by atoms with van der Waals surface area (Å²) in [5.41, 5.74) is -0.376. The van der Waals surface area contributed by atoms with Crippen LogP contribution in [0.15, 0.2) is 54.7 Å². The van der Waals surface area contributed by atoms with Gasteiger partial charge in [0.05, 0.1) is 52.0 Å². The minimum absolute atomic E-state index is 0.201. The first-order chi connectivity index (χ1) is 18.4. The van der Waals surface area contributed by atoms with Crippen LogP contribution in [-0.2, 0) is 14.3 Å². The van der Waals surface area contributed by atoms with E-state index in [-0.39, 0.29) is 11.8 Å². The highest BCUT2D eigenvalue weighted by Gasteiger charge is 2.75. The molecule has 3 fully saturated rings. The Labute approximate surface area is 226 Å². The molecule has 3 aliphatic rings. The lowest BCUT2D eigenvalue weighted by Gasteiger charge is -2.31. The first-order valence-electron chi connectivity index (χ1n) is 13.2. The molecule has 0 radical (unpaired) electrons. The maximum Gasteiger partial charge on any atom is 0.240 e. The van der Waals surface area contributed by atoms with Gasteiger partial charge in [0.15, 0.2) is 0 Å². The highest BCUT2D eigenvalue weighted by Crippen LogP contribution is 2.64. The lowest BCUT2D eigenvalue weighted by molar-refractivity contribution is -0.132. The maximum atomic E-state index is 14.2. The number of hydrogen-bond acceptors (Lipinski definition) is 6. The lowest BCUT2D eigenvalue weighted by atomic mass is 9.65. The van der Waals surface area contributed by atoms with Gasteiger partial charge in [-0.25, -0.2) is 9.88 Å². The average molecular weight is 530 g/mol. The van der Waals surface area contributed by atoms with Gasteiger partial charge in [-0.1, -0.05) is 55.6 Å². The summed E-state index contributed by atoms with van der Waals surface area (Å²) in [6.45, 7) is 2.43. The van der Waals surface area contributed by atoms with Gasteiger partial charge >= 0.3 is 0 Å². The van der Waals surface area contributed by atoms with Crippen molar-refractivity contribution >= 4 is 39.9 Å². The minimum Gasteiger partial charge on any atom is -0.478 e. The number of nitrogens with zero attached hydrogens (tertiary/aromatic N) is 3. The third-order valence-corrected chi connectivity index (χ3v) is 8.73. The van der Waals surface area contributed by atoms with E-state index >= 15 is 0 Å². The van der Waals surface area contributed by atoms with Crippen molar-refractivity contribution in [1.82, 2.24) is 4.98 Å². The Morgan fingerprint density at radius 1 is 1.05 bits per heavy atom. The molecular weight excluding hydrogens is 502 g/mol. The molecule has 3 saturated heterocycles. The number of carbonyl (C=O) groups is 2. The number of pyridine rings is 1. The van der Waals surface area contributed by atoms with E-state index in [9.17, 15) is 14.9 Å². The van der Waals surface area contributed by atoms with Crippen LogP contribution in [0.25, 0.3) is 10.8 Å². The summed E-state index contributed by atoms with van der Waals surface area (Å²) in [5.74, 6) is -1.07. The largest absolute Gasteiger partial charge is 0.478 e. The number of aromatic nitrogens is 1. The number of ether oxygens (including phenoxy) is 2. The molecule has 2 aromatic carbocycles. The van der Waals surface area contributed by atoms with E-state index in [0.717, 1.165) is 36.5 Å². The number of amides is 2. The predicted molar refractivity (Wildman–Crippen MR) is 143 cm³/mol. The summed E-state index contributed by atoms with van der Waals surface area (Å²) >= 11 is 5.94. The average Bonchev–Trinajstić information content (AvgIpc) is 3.54. The van der Waals surface area contributed by atoms with Crippen molar-refractivity contribution in [3.05, 3.63) is 65.3 Å². The third kappa shape index (κ3) is 3.70. The molecule has 6 rings (SSSR count). The van der Waals surface area contributed by atoms with Crippen molar-refractivity contribution < 1.29 is 19.1 Å². The Hall–Kier alpha value is -3.47. The molecule has 4 heterocycles. The SMILES string of the molecule is CCCCC12CCC(CCOc3ccc(Cl)cn3)(O1)[C@H]1C(=O)N(c3ccc(C#N)c4ccccc34)C(=O)[C@H]12. The van der Waals surface area contributed by atoms with Crippen LogP contribution in [0.2, 0.25) is 5.02 Å². The van der Waals surface area contributed by atoms with Gasteiger partial charge in [0, 0.05) is 29.5 Å². The van der Waals surface area contributed by atoms with Gasteiger partial charge < -0.3 is 9.47 Å². The molecule has 4 atom stereocenters. The highest BCUT2D eigenvalue weighted by molar-refractivity contribution is 6.30. The number of fused-ring (bicyclic) bond motifs is 6. The van der Waals surface area contributed by atoms with Gasteiger partial charge in [0.25, 0.3) is 0 Å². The summed E-state index contributed by atoms with van der Waals surface area (Å²) in [5, 5.41) is 11.6. The molecule has 0 N–H and O–H groups in total. The quantitative estimate of drug-likeness (QED) is 0.341. The second kappa shape index (κ2) is 9.37. The normalized spacial score (nSPS) is 27.7. The van der Waals surface area contributed by atoms with E-state index in [1.807, 2.05) is 24.3 Å². The van der Waals surface area contributed by atoms with Crippen LogP contribution in [0.1, 0.15) is 51.0 Å². The number of imide groups is 1. The summed E-state index contributed by atoms with van der Waals surface area (Å²) in [6, 6.07) is 16.5. The van der Waals surface area contributed by atoms with Crippen LogP contribution >= 0.6 is 11.6 Å². The fraction of sp³-hybridized carbons (Fsp3) is 0.400. The number of unbranched alkanes of at least 4 members (excludes halogenated alkanes) is 1. The summed E-state index contributed by atoms with van der Waals surface area (Å²) in [6.07, 6.45) is 6.10. The van der Waals surface area contributed by atoms with E-state index in [0.29, 0.717) is 41.6 Å². The summed E-state index contributed by atoms with van der Waals surface area (Å²) in [4.78, 5) is 33.9. The Bertz CT molecular complexity index is 1470. The van der Waals surface area contributed by atoms with Gasteiger partial charge in [-0.2, -0.15) is 5.26 Å². The molecule has 3 aliphatic heterocycles. The topological polar surface area (TPSA) is 92.5 Å². The Morgan fingerprint density at radius 3 is 2.42 bits per heavy atom. The van der Waals surface area contributed by atoms with Crippen LogP contribution in [0.5, 0.6) is 5.88 Å². The molecule has 0 spiro atoms. The molecule has 38 heavy (non-hydrogen) atoms. The number of halogens is 1. The number of benzene rings is 2. The predicted octanol–water partition coefficient (Wildman–Crippen LogP) is 5.83. The molecule has 0 saturated carbocycles. The molecular formula is C30H28ClN3O4. The van der Waals surface area contributed by atoms with Crippen LogP contribution in [0.4, 0.5) is 5.69 Å². The first kappa shape index (κ1) is 24.8. The van der Waals surface area contributed by atoms with E-state index in [2.05, 4.69) is 18.0 Å². The lowest BCUT2D eigenvalue weighted by Crippen LogP contribution is -2.43. The standard InChI is InChI=1S/C30H28ClN3O4/c1-2-3-12-29-13-14-30(38-29,15-16-37-24-11-9-20(31)18-33-24)26-25(29)27(35)34(28(26)36)23-10-8-19(17-32)21-6-4-5-7-22(21)23/h4-11,18,25-26H,2-3,12-16H2,1H3/t25-,26+,29?,30?/m0/s1. The smallest absolute Gasteiger partial charge is 0.240 e. The van der Waals surface area contributed by atoms with Crippen LogP contribution in [-0.4, -0.2) is 34.6 Å². The summed E-state index contributed by atoms with van der Waals surface area (Å²) < 4.78 is 12.7. The molecule has 2 bridgehead atoms. The van der Waals surface area contributed by atoms with E-state index < -0.39 is 23.0 Å². The van der Waals surface area contributed by atoms with Crippen LogP contribution in [0.3, 0.4) is 0 Å². The monoisotopic (exact) mass is 529 g/mol. The van der Waals surface area contributed by atoms with Crippen molar-refractivity contribution in [1.29, 1.82) is 5.26 Å². The van der Waals surface area contributed by atoms with E-state index in [4.69, 9.17) is 21.1 Å². The van der Waals surface area contributed by atoms with Gasteiger partial charge in [0.1, 0.15) is 0 Å². The molecule has 3 aromatic rings. The number of hydrogen-bond donors (Lipinski definition) is 0. The Kier molecular flexibility index (Phi) is 6.13. The first-order valence-corrected chi connectivity index (χ1v) is 13.5. The van der Waals surface area contributed by atoms with Crippen LogP contribution in [0, 0.1) is 23.2 Å². The molecule has 1 aromatic heterocycles. The number of rotatable bonds is 8. The Morgan fingerprint density at radius 2 is 1.76 bits per heavy atom. The zero-order chi connectivity index (χ0) is 26.5. The van der Waals surface area contributed by atoms with E-state index in [1.54, 1.807) is 24.3 Å². The highest BCUT2D eigenvalue weighted by atomic mass is 35.5. The number of anilines is 1. The fourth-order valence-electron chi connectivity index (χ4n) is 6.83. The van der Waals surface area contributed by atoms with Crippen molar-refractivity contribution in [3.8, 4) is 11.9 Å². The number of nitriles is 1. The second-order valence-corrected chi connectivity index (χ2v) is 10.9. The number of carbonyl (C=O) groups excluding carboxylic acids is 2. The van der Waals surface area contributed by atoms with Gasteiger partial charge in [-0.3, -0.25) is 9.59 Å². The molecule has 2 unspecified atom stereocenters. The second-order valence-electron chi connectivity index (χ2n) is 10.5. The molecule has 2 amide bonds. The third-order valence-electron chi connectivity index (χ3n) is 8.51. The van der Waals surface area contributed by atoms with Gasteiger partial charge in [-0.05, 0) is 37.5 Å². The van der Waals surface area contributed by atoms with Crippen molar-refractivity contribution in [3.63, 3.8) is 0 Å². The fourth-order valence-corrected chi connectivity index (χ4v) is 6.94. The molecule has 194 valence electrons. The van der Waals surface area contributed by atoms with E-state index in [1.165, 1.54) is 11.1 Å². The van der Waals surface area contributed by atoms with Crippen molar-refractivity contribution in [2.75, 3.05) is 11.5 Å². The van der Waals surface area contributed by atoms with Crippen molar-refractivity contribution in [2.45, 2.75) is 56.7 Å². The molecule has 8 heteroatoms. The maximum absolute atomic E-state index is 14.2. The Balaban J connectivity index is 1.36. The zero-order valence-electron chi connectivity index (χ0n) is 21.2. The van der Waals surface area contributed by atoms with Crippen molar-refractivity contribution in [2.24, 2.45) is 11.8 Å². The molecule has 0 aliphatic carbocycles. The molecule has 7 nitrogen and oxygen atoms in total. The van der Waals surface area contributed by atoms with Gasteiger partial charge in [-0.15, -0.1) is 0 Å². The summed E-state index contributed by atoms with van der Waals surface area (Å²) in [7, 11) is 0. The van der Waals surface area contributed by atoms with Gasteiger partial charge in [0.2, 0.25) is 17.7 Å². The van der Waals surface area contributed by atoms with Crippen LogP contribution < -0.4 is 9.64 Å².